The monoisotopic (exact) mass is 384 g/mol. The van der Waals surface area contributed by atoms with Crippen molar-refractivity contribution >= 4 is 33.0 Å². The van der Waals surface area contributed by atoms with Gasteiger partial charge in [0.1, 0.15) is 0 Å². The van der Waals surface area contributed by atoms with Gasteiger partial charge >= 0.3 is 0 Å². The molecule has 0 aromatic heterocycles. The summed E-state index contributed by atoms with van der Waals surface area (Å²) in [5.41, 5.74) is 1.70. The third-order valence-corrected chi connectivity index (χ3v) is 6.24. The second-order valence-electron chi connectivity index (χ2n) is 6.96. The number of carbonyl (C=O) groups is 2. The Morgan fingerprint density at radius 1 is 0.852 bits per heavy atom. The molecule has 0 unspecified atom stereocenters. The van der Waals surface area contributed by atoms with E-state index in [4.69, 9.17) is 0 Å². The number of carbonyl (C=O) groups excluding carboxylic acids is 2. The zero-order chi connectivity index (χ0) is 19.2. The minimum atomic E-state index is -3.43. The van der Waals surface area contributed by atoms with Crippen molar-refractivity contribution in [1.82, 2.24) is 0 Å². The molecule has 7 heteroatoms. The lowest BCUT2D eigenvalue weighted by Crippen LogP contribution is -2.32. The first-order chi connectivity index (χ1) is 12.9. The fourth-order valence-electron chi connectivity index (χ4n) is 3.76. The molecule has 2 aromatic carbocycles. The molecule has 0 bridgehead atoms. The van der Waals surface area contributed by atoms with Gasteiger partial charge in [-0.25, -0.2) is 13.3 Å². The second kappa shape index (κ2) is 6.49. The van der Waals surface area contributed by atoms with Crippen LogP contribution in [0, 0.1) is 0 Å². The number of nitrogens with zero attached hydrogens (tertiary/aromatic N) is 2. The first-order valence-electron chi connectivity index (χ1n) is 8.95. The van der Waals surface area contributed by atoms with E-state index in [2.05, 4.69) is 0 Å². The van der Waals surface area contributed by atoms with Crippen LogP contribution in [0.4, 0.5) is 11.4 Å². The Morgan fingerprint density at radius 3 is 2.00 bits per heavy atom. The summed E-state index contributed by atoms with van der Waals surface area (Å²) in [4.78, 5) is 28.9. The van der Waals surface area contributed by atoms with Crippen LogP contribution in [0.3, 0.4) is 0 Å². The third kappa shape index (κ3) is 3.02. The van der Waals surface area contributed by atoms with Crippen LogP contribution in [0.15, 0.2) is 47.4 Å². The van der Waals surface area contributed by atoms with Crippen molar-refractivity contribution in [3.05, 3.63) is 53.6 Å². The Morgan fingerprint density at radius 2 is 1.44 bits per heavy atom. The molecule has 4 rings (SSSR count). The number of rotatable bonds is 3. The van der Waals surface area contributed by atoms with Gasteiger partial charge in [0.2, 0.25) is 0 Å². The van der Waals surface area contributed by atoms with E-state index >= 15 is 0 Å². The zero-order valence-electron chi connectivity index (χ0n) is 15.0. The molecule has 2 heterocycles. The molecule has 2 amide bonds. The Labute approximate surface area is 158 Å². The highest BCUT2D eigenvalue weighted by Gasteiger charge is 2.37. The normalized spacial score (nSPS) is 17.4. The molecule has 0 aliphatic carbocycles. The quantitative estimate of drug-likeness (QED) is 0.761. The fourth-order valence-corrected chi connectivity index (χ4v) is 4.65. The summed E-state index contributed by atoms with van der Waals surface area (Å²) < 4.78 is 24.5. The number of hydrogen-bond donors (Lipinski definition) is 0. The van der Waals surface area contributed by atoms with Crippen LogP contribution in [-0.4, -0.2) is 39.6 Å². The molecule has 27 heavy (non-hydrogen) atoms. The van der Waals surface area contributed by atoms with Gasteiger partial charge in [0.25, 0.3) is 11.8 Å². The molecular formula is C20H20N2O4S. The number of fused-ring (bicyclic) bond motifs is 1. The zero-order valence-corrected chi connectivity index (χ0v) is 15.8. The first kappa shape index (κ1) is 17.7. The van der Waals surface area contributed by atoms with Crippen LogP contribution in [0.2, 0.25) is 0 Å². The molecule has 0 N–H and O–H groups in total. The van der Waals surface area contributed by atoms with Crippen LogP contribution in [0.1, 0.15) is 40.0 Å². The molecule has 0 radical (unpaired) electrons. The fraction of sp³-hybridized carbons (Fsp3) is 0.300. The lowest BCUT2D eigenvalue weighted by molar-refractivity contribution is 0.0926. The summed E-state index contributed by atoms with van der Waals surface area (Å²) in [6.07, 6.45) is 4.27. The number of anilines is 2. The van der Waals surface area contributed by atoms with Crippen molar-refractivity contribution in [1.29, 1.82) is 0 Å². The predicted octanol–water partition coefficient (Wildman–Crippen LogP) is 2.88. The van der Waals surface area contributed by atoms with E-state index in [1.807, 2.05) is 4.90 Å². The summed E-state index contributed by atoms with van der Waals surface area (Å²) >= 11 is 0. The van der Waals surface area contributed by atoms with Gasteiger partial charge in [-0.2, -0.15) is 0 Å². The Bertz CT molecular complexity index is 1000. The lowest BCUT2D eigenvalue weighted by atomic mass is 10.1. The number of piperidine rings is 1. The maximum absolute atomic E-state index is 12.8. The van der Waals surface area contributed by atoms with Gasteiger partial charge < -0.3 is 4.90 Å². The minimum Gasteiger partial charge on any atom is -0.370 e. The number of benzene rings is 2. The van der Waals surface area contributed by atoms with Gasteiger partial charge in [0, 0.05) is 19.3 Å². The molecule has 0 atom stereocenters. The highest BCUT2D eigenvalue weighted by atomic mass is 32.2. The molecule has 2 aliphatic rings. The standard InChI is InChI=1S/C20H20N2O4S/c1-27(25,26)18-10-9-14(13-17(18)21-11-5-2-6-12-21)22-19(23)15-7-3-4-8-16(15)20(22)24/h3-4,7-10,13H,2,5-6,11-12H2,1H3. The van der Waals surface area contributed by atoms with Crippen LogP contribution in [0.5, 0.6) is 0 Å². The van der Waals surface area contributed by atoms with Crippen molar-refractivity contribution in [2.75, 3.05) is 29.1 Å². The summed E-state index contributed by atoms with van der Waals surface area (Å²) in [6.45, 7) is 1.52. The van der Waals surface area contributed by atoms with Gasteiger partial charge in [-0.05, 0) is 49.6 Å². The van der Waals surface area contributed by atoms with Crippen LogP contribution in [-0.2, 0) is 9.84 Å². The molecule has 1 saturated heterocycles. The van der Waals surface area contributed by atoms with E-state index in [0.29, 0.717) is 22.5 Å². The number of hydrogen-bond acceptors (Lipinski definition) is 5. The molecule has 2 aliphatic heterocycles. The van der Waals surface area contributed by atoms with E-state index < -0.39 is 9.84 Å². The molecule has 1 fully saturated rings. The average molecular weight is 384 g/mol. The van der Waals surface area contributed by atoms with Crippen LogP contribution >= 0.6 is 0 Å². The van der Waals surface area contributed by atoms with Gasteiger partial charge in [0.15, 0.2) is 9.84 Å². The topological polar surface area (TPSA) is 74.8 Å². The first-order valence-corrected chi connectivity index (χ1v) is 10.8. The van der Waals surface area contributed by atoms with E-state index in [1.165, 1.54) is 18.4 Å². The van der Waals surface area contributed by atoms with E-state index in [9.17, 15) is 18.0 Å². The SMILES string of the molecule is CS(=O)(=O)c1ccc(N2C(=O)c3ccccc3C2=O)cc1N1CCCCC1. The molecular weight excluding hydrogens is 364 g/mol. The Balaban J connectivity index is 1.81. The summed E-state index contributed by atoms with van der Waals surface area (Å²) in [5.74, 6) is -0.764. The molecule has 2 aromatic rings. The molecule has 6 nitrogen and oxygen atoms in total. The minimum absolute atomic E-state index is 0.227. The van der Waals surface area contributed by atoms with Gasteiger partial charge in [-0.3, -0.25) is 9.59 Å². The smallest absolute Gasteiger partial charge is 0.266 e. The molecule has 140 valence electrons. The maximum atomic E-state index is 12.8. The predicted molar refractivity (Wildman–Crippen MR) is 103 cm³/mol. The largest absolute Gasteiger partial charge is 0.370 e. The Hall–Kier alpha value is -2.67. The van der Waals surface area contributed by atoms with E-state index in [-0.39, 0.29) is 16.7 Å². The molecule has 0 spiro atoms. The second-order valence-corrected chi connectivity index (χ2v) is 8.95. The van der Waals surface area contributed by atoms with Crippen molar-refractivity contribution in [3.63, 3.8) is 0 Å². The number of imide groups is 1. The van der Waals surface area contributed by atoms with Gasteiger partial charge in [-0.1, -0.05) is 12.1 Å². The van der Waals surface area contributed by atoms with Gasteiger partial charge in [-0.15, -0.1) is 0 Å². The van der Waals surface area contributed by atoms with Crippen LogP contribution in [0.25, 0.3) is 0 Å². The summed E-state index contributed by atoms with van der Waals surface area (Å²) in [6, 6.07) is 11.4. The maximum Gasteiger partial charge on any atom is 0.266 e. The third-order valence-electron chi connectivity index (χ3n) is 5.09. The summed E-state index contributed by atoms with van der Waals surface area (Å²) in [7, 11) is -3.43. The van der Waals surface area contributed by atoms with E-state index in [1.54, 1.807) is 30.3 Å². The number of sulfone groups is 1. The lowest BCUT2D eigenvalue weighted by Gasteiger charge is -2.31. The van der Waals surface area contributed by atoms with Crippen molar-refractivity contribution in [3.8, 4) is 0 Å². The van der Waals surface area contributed by atoms with Crippen molar-refractivity contribution in [2.45, 2.75) is 24.2 Å². The van der Waals surface area contributed by atoms with Crippen molar-refractivity contribution in [2.24, 2.45) is 0 Å². The Kier molecular flexibility index (Phi) is 4.26. The van der Waals surface area contributed by atoms with Crippen LogP contribution < -0.4 is 9.80 Å². The summed E-state index contributed by atoms with van der Waals surface area (Å²) in [5, 5.41) is 0. The van der Waals surface area contributed by atoms with Gasteiger partial charge in [0.05, 0.1) is 27.4 Å². The van der Waals surface area contributed by atoms with Crippen molar-refractivity contribution < 1.29 is 18.0 Å². The highest BCUT2D eigenvalue weighted by molar-refractivity contribution is 7.90. The average Bonchev–Trinajstić information content (AvgIpc) is 2.92. The molecule has 0 saturated carbocycles. The van der Waals surface area contributed by atoms with E-state index in [0.717, 1.165) is 37.3 Å². The highest BCUT2D eigenvalue weighted by Crippen LogP contribution is 2.35. The number of amides is 2.